The van der Waals surface area contributed by atoms with Gasteiger partial charge >= 0.3 is 0 Å². The summed E-state index contributed by atoms with van der Waals surface area (Å²) < 4.78 is 9.78. The molecule has 2 N–H and O–H groups in total. The molecule has 0 radical (unpaired) electrons. The van der Waals surface area contributed by atoms with Crippen LogP contribution in [0.2, 0.25) is 0 Å². The smallest absolute Gasteiger partial charge is 0.246 e. The highest BCUT2D eigenvalue weighted by Crippen LogP contribution is 2.07. The van der Waals surface area contributed by atoms with E-state index in [1.54, 1.807) is 14.0 Å². The first kappa shape index (κ1) is 14.3. The highest BCUT2D eigenvalue weighted by molar-refractivity contribution is 5.77. The number of aliphatic hydroxyl groups is 1. The summed E-state index contributed by atoms with van der Waals surface area (Å²) >= 11 is 0. The van der Waals surface area contributed by atoms with Crippen LogP contribution in [-0.4, -0.2) is 50.1 Å². The molecule has 90 valence electrons. The molecule has 1 unspecified atom stereocenters. The zero-order valence-electron chi connectivity index (χ0n) is 9.71. The minimum absolute atomic E-state index is 0.0385. The molecule has 0 aromatic heterocycles. The average Bonchev–Trinajstić information content (AvgIpc) is 2.21. The van der Waals surface area contributed by atoms with Crippen molar-refractivity contribution < 1.29 is 19.4 Å². The van der Waals surface area contributed by atoms with Crippen LogP contribution in [0.5, 0.6) is 0 Å². The maximum absolute atomic E-state index is 11.1. The van der Waals surface area contributed by atoms with Gasteiger partial charge in [-0.05, 0) is 13.8 Å². The molecule has 0 aliphatic heterocycles. The van der Waals surface area contributed by atoms with E-state index < -0.39 is 5.60 Å². The van der Waals surface area contributed by atoms with Gasteiger partial charge in [-0.2, -0.15) is 0 Å². The number of amides is 1. The Balaban J connectivity index is 3.67. The van der Waals surface area contributed by atoms with E-state index in [-0.39, 0.29) is 19.1 Å². The summed E-state index contributed by atoms with van der Waals surface area (Å²) in [7, 11) is 1.57. The Hall–Kier alpha value is -0.650. The molecule has 0 bridgehead atoms. The monoisotopic (exact) mass is 219 g/mol. The number of hydrogen-bond acceptors (Lipinski definition) is 4. The van der Waals surface area contributed by atoms with Crippen molar-refractivity contribution in [3.63, 3.8) is 0 Å². The van der Waals surface area contributed by atoms with Crippen molar-refractivity contribution in [2.45, 2.75) is 25.9 Å². The third-order valence-corrected chi connectivity index (χ3v) is 1.95. The van der Waals surface area contributed by atoms with E-state index in [9.17, 15) is 9.90 Å². The summed E-state index contributed by atoms with van der Waals surface area (Å²) in [5.41, 5.74) is -0.933. The van der Waals surface area contributed by atoms with Gasteiger partial charge in [-0.25, -0.2) is 0 Å². The summed E-state index contributed by atoms with van der Waals surface area (Å²) in [5.74, 6) is -0.213. The summed E-state index contributed by atoms with van der Waals surface area (Å²) in [6, 6.07) is 0. The third kappa shape index (κ3) is 8.35. The van der Waals surface area contributed by atoms with E-state index in [2.05, 4.69) is 5.32 Å². The van der Waals surface area contributed by atoms with Gasteiger partial charge in [-0.15, -0.1) is 0 Å². The fraction of sp³-hybridized carbons (Fsp3) is 0.900. The summed E-state index contributed by atoms with van der Waals surface area (Å²) in [6.07, 6.45) is 0.485. The van der Waals surface area contributed by atoms with Crippen LogP contribution in [0.15, 0.2) is 0 Å². The highest BCUT2D eigenvalue weighted by atomic mass is 16.5. The molecule has 0 aromatic carbocycles. The zero-order chi connectivity index (χ0) is 11.7. The molecular formula is C10H21NO4. The second kappa shape index (κ2) is 7.62. The first-order chi connectivity index (χ1) is 7.02. The maximum Gasteiger partial charge on any atom is 0.246 e. The predicted octanol–water partition coefficient (Wildman–Crippen LogP) is -0.0734. The fourth-order valence-electron chi connectivity index (χ4n) is 0.945. The van der Waals surface area contributed by atoms with Crippen LogP contribution in [0.1, 0.15) is 20.3 Å². The van der Waals surface area contributed by atoms with Crippen molar-refractivity contribution >= 4 is 5.91 Å². The largest absolute Gasteiger partial charge is 0.388 e. The third-order valence-electron chi connectivity index (χ3n) is 1.95. The first-order valence-corrected chi connectivity index (χ1v) is 5.07. The Morgan fingerprint density at radius 1 is 1.53 bits per heavy atom. The number of carbonyl (C=O) groups excluding carboxylic acids is 1. The molecule has 5 heteroatoms. The predicted molar refractivity (Wildman–Crippen MR) is 56.6 cm³/mol. The Morgan fingerprint density at radius 2 is 2.20 bits per heavy atom. The zero-order valence-corrected chi connectivity index (χ0v) is 9.71. The standard InChI is InChI=1S/C10H21NO4/c1-4-15-7-9(12)11-8-10(2,13)5-6-14-3/h13H,4-8H2,1-3H3,(H,11,12). The number of carbonyl (C=O) groups is 1. The van der Waals surface area contributed by atoms with E-state index in [4.69, 9.17) is 9.47 Å². The molecule has 5 nitrogen and oxygen atoms in total. The van der Waals surface area contributed by atoms with Gasteiger partial charge < -0.3 is 19.9 Å². The van der Waals surface area contributed by atoms with Gasteiger partial charge in [0.15, 0.2) is 0 Å². The van der Waals surface area contributed by atoms with Crippen LogP contribution in [-0.2, 0) is 14.3 Å². The molecule has 0 saturated heterocycles. The lowest BCUT2D eigenvalue weighted by molar-refractivity contribution is -0.126. The molecule has 0 spiro atoms. The number of hydrogen-bond donors (Lipinski definition) is 2. The van der Waals surface area contributed by atoms with Gasteiger partial charge in [-0.1, -0.05) is 0 Å². The quantitative estimate of drug-likeness (QED) is 0.599. The lowest BCUT2D eigenvalue weighted by Gasteiger charge is -2.23. The maximum atomic E-state index is 11.1. The number of nitrogens with one attached hydrogen (secondary N) is 1. The minimum Gasteiger partial charge on any atom is -0.388 e. The lowest BCUT2D eigenvalue weighted by Crippen LogP contribution is -2.42. The molecule has 0 aliphatic carbocycles. The minimum atomic E-state index is -0.933. The van der Waals surface area contributed by atoms with Crippen LogP contribution in [0.25, 0.3) is 0 Å². The second-order valence-electron chi connectivity index (χ2n) is 3.65. The molecule has 1 amide bonds. The van der Waals surface area contributed by atoms with Crippen molar-refractivity contribution in [2.75, 3.05) is 33.5 Å². The van der Waals surface area contributed by atoms with Crippen LogP contribution in [0.3, 0.4) is 0 Å². The van der Waals surface area contributed by atoms with E-state index in [0.29, 0.717) is 19.6 Å². The van der Waals surface area contributed by atoms with Crippen molar-refractivity contribution in [2.24, 2.45) is 0 Å². The van der Waals surface area contributed by atoms with Crippen LogP contribution >= 0.6 is 0 Å². The van der Waals surface area contributed by atoms with E-state index >= 15 is 0 Å². The van der Waals surface area contributed by atoms with Gasteiger partial charge in [-0.3, -0.25) is 4.79 Å². The number of methoxy groups -OCH3 is 1. The van der Waals surface area contributed by atoms with Gasteiger partial charge in [0.05, 0.1) is 5.60 Å². The molecular weight excluding hydrogens is 198 g/mol. The Morgan fingerprint density at radius 3 is 2.73 bits per heavy atom. The topological polar surface area (TPSA) is 67.8 Å². The highest BCUT2D eigenvalue weighted by Gasteiger charge is 2.20. The Kier molecular flexibility index (Phi) is 7.29. The van der Waals surface area contributed by atoms with E-state index in [1.807, 2.05) is 6.92 Å². The molecule has 1 atom stereocenters. The normalized spacial score (nSPS) is 14.7. The van der Waals surface area contributed by atoms with E-state index in [1.165, 1.54) is 0 Å². The van der Waals surface area contributed by atoms with Gasteiger partial charge in [0.1, 0.15) is 6.61 Å². The number of rotatable bonds is 8. The summed E-state index contributed by atoms with van der Waals surface area (Å²) in [6.45, 7) is 4.70. The van der Waals surface area contributed by atoms with Crippen LogP contribution in [0.4, 0.5) is 0 Å². The molecule has 0 aliphatic rings. The molecule has 0 fully saturated rings. The second-order valence-corrected chi connectivity index (χ2v) is 3.65. The molecule has 0 heterocycles. The van der Waals surface area contributed by atoms with Gasteiger partial charge in [0.2, 0.25) is 5.91 Å². The molecule has 0 rings (SSSR count). The van der Waals surface area contributed by atoms with Gasteiger partial charge in [0, 0.05) is 33.3 Å². The summed E-state index contributed by atoms with van der Waals surface area (Å²) in [4.78, 5) is 11.1. The Labute approximate surface area is 90.8 Å². The molecule has 0 saturated carbocycles. The van der Waals surface area contributed by atoms with Crippen molar-refractivity contribution in [3.8, 4) is 0 Å². The molecule has 15 heavy (non-hydrogen) atoms. The Bertz CT molecular complexity index is 182. The van der Waals surface area contributed by atoms with Crippen LogP contribution in [0, 0.1) is 0 Å². The average molecular weight is 219 g/mol. The van der Waals surface area contributed by atoms with Crippen LogP contribution < -0.4 is 5.32 Å². The number of ether oxygens (including phenoxy) is 2. The summed E-state index contributed by atoms with van der Waals surface area (Å²) in [5, 5.41) is 12.4. The van der Waals surface area contributed by atoms with Crippen molar-refractivity contribution in [3.05, 3.63) is 0 Å². The first-order valence-electron chi connectivity index (χ1n) is 5.07. The SMILES string of the molecule is CCOCC(=O)NCC(C)(O)CCOC. The van der Waals surface area contributed by atoms with Gasteiger partial charge in [0.25, 0.3) is 0 Å². The van der Waals surface area contributed by atoms with Crippen molar-refractivity contribution in [1.29, 1.82) is 0 Å². The van der Waals surface area contributed by atoms with E-state index in [0.717, 1.165) is 0 Å². The lowest BCUT2D eigenvalue weighted by atomic mass is 10.0. The van der Waals surface area contributed by atoms with Crippen molar-refractivity contribution in [1.82, 2.24) is 5.32 Å². The fourth-order valence-corrected chi connectivity index (χ4v) is 0.945. The molecule has 0 aromatic rings.